The lowest BCUT2D eigenvalue weighted by molar-refractivity contribution is -0.140. The lowest BCUT2D eigenvalue weighted by atomic mass is 10.1. The number of sulfonamides is 1. The summed E-state index contributed by atoms with van der Waals surface area (Å²) < 4.78 is 34.9. The summed E-state index contributed by atoms with van der Waals surface area (Å²) in [4.78, 5) is 28.7. The molecule has 0 spiro atoms. The molecule has 0 aromatic heterocycles. The second-order valence-electron chi connectivity index (χ2n) is 11.3. The molecular formula is C34H36ClN3O5S. The van der Waals surface area contributed by atoms with Crippen molar-refractivity contribution in [3.05, 3.63) is 120 Å². The topological polar surface area (TPSA) is 96.0 Å². The Balaban J connectivity index is 1.69. The number of hydrogen-bond acceptors (Lipinski definition) is 5. The van der Waals surface area contributed by atoms with Crippen molar-refractivity contribution in [2.75, 3.05) is 10.8 Å². The molecule has 0 radical (unpaired) electrons. The fraction of sp³-hybridized carbons (Fsp3) is 0.235. The molecule has 0 saturated heterocycles. The van der Waals surface area contributed by atoms with Crippen LogP contribution in [-0.4, -0.2) is 43.3 Å². The van der Waals surface area contributed by atoms with Crippen molar-refractivity contribution in [2.45, 2.75) is 50.7 Å². The van der Waals surface area contributed by atoms with E-state index >= 15 is 0 Å². The van der Waals surface area contributed by atoms with Gasteiger partial charge < -0.3 is 15.0 Å². The molecule has 1 unspecified atom stereocenters. The monoisotopic (exact) mass is 633 g/mol. The SMILES string of the molecule is CC(C(=O)NC(C)(C)C)N(Cc1ccc(Cl)cc1)C(=O)CN(c1ccc(Oc2ccccc2)cc1)S(=O)(=O)c1ccccc1. The highest BCUT2D eigenvalue weighted by Crippen LogP contribution is 2.28. The molecule has 1 atom stereocenters. The smallest absolute Gasteiger partial charge is 0.264 e. The number of nitrogens with zero attached hydrogens (tertiary/aromatic N) is 2. The van der Waals surface area contributed by atoms with Crippen LogP contribution in [0.2, 0.25) is 5.02 Å². The Bertz CT molecular complexity index is 1660. The Kier molecular flexibility index (Phi) is 10.3. The van der Waals surface area contributed by atoms with Crippen LogP contribution >= 0.6 is 11.6 Å². The highest BCUT2D eigenvalue weighted by atomic mass is 35.5. The molecule has 4 aromatic rings. The quantitative estimate of drug-likeness (QED) is 0.199. The third-order valence-electron chi connectivity index (χ3n) is 6.65. The second kappa shape index (κ2) is 14.0. The Morgan fingerprint density at radius 2 is 1.36 bits per heavy atom. The van der Waals surface area contributed by atoms with Gasteiger partial charge in [0, 0.05) is 17.1 Å². The average molecular weight is 634 g/mol. The van der Waals surface area contributed by atoms with Gasteiger partial charge in [0.15, 0.2) is 0 Å². The summed E-state index contributed by atoms with van der Waals surface area (Å²) in [7, 11) is -4.18. The highest BCUT2D eigenvalue weighted by molar-refractivity contribution is 7.92. The zero-order chi connectivity index (χ0) is 31.9. The first-order valence-electron chi connectivity index (χ1n) is 14.1. The maximum Gasteiger partial charge on any atom is 0.264 e. The van der Waals surface area contributed by atoms with Gasteiger partial charge in [-0.05, 0) is 93.9 Å². The van der Waals surface area contributed by atoms with Crippen LogP contribution in [0.3, 0.4) is 0 Å². The van der Waals surface area contributed by atoms with Gasteiger partial charge in [-0.2, -0.15) is 0 Å². The molecule has 0 fully saturated rings. The number of amides is 2. The van der Waals surface area contributed by atoms with E-state index in [1.165, 1.54) is 17.0 Å². The van der Waals surface area contributed by atoms with Crippen LogP contribution in [0.15, 0.2) is 114 Å². The zero-order valence-corrected chi connectivity index (χ0v) is 26.7. The number of benzene rings is 4. The van der Waals surface area contributed by atoms with Crippen molar-refractivity contribution < 1.29 is 22.7 Å². The van der Waals surface area contributed by atoms with Crippen LogP contribution in [0.25, 0.3) is 0 Å². The molecular weight excluding hydrogens is 598 g/mol. The van der Waals surface area contributed by atoms with Crippen LogP contribution in [0, 0.1) is 0 Å². The molecule has 0 saturated carbocycles. The number of carbonyl (C=O) groups excluding carboxylic acids is 2. The number of hydrogen-bond donors (Lipinski definition) is 1. The first-order chi connectivity index (χ1) is 20.8. The summed E-state index contributed by atoms with van der Waals surface area (Å²) >= 11 is 6.07. The van der Waals surface area contributed by atoms with Crippen LogP contribution < -0.4 is 14.4 Å². The lowest BCUT2D eigenvalue weighted by Gasteiger charge is -2.33. The van der Waals surface area contributed by atoms with E-state index in [1.807, 2.05) is 51.1 Å². The summed E-state index contributed by atoms with van der Waals surface area (Å²) in [5.41, 5.74) is 0.464. The molecule has 0 aliphatic carbocycles. The first-order valence-corrected chi connectivity index (χ1v) is 15.9. The minimum Gasteiger partial charge on any atom is -0.457 e. The molecule has 0 aliphatic heterocycles. The summed E-state index contributed by atoms with van der Waals surface area (Å²) in [5.74, 6) is 0.213. The van der Waals surface area contributed by atoms with Crippen molar-refractivity contribution in [1.82, 2.24) is 10.2 Å². The molecule has 44 heavy (non-hydrogen) atoms. The van der Waals surface area contributed by atoms with Crippen molar-refractivity contribution >= 4 is 39.1 Å². The van der Waals surface area contributed by atoms with Gasteiger partial charge in [0.1, 0.15) is 24.1 Å². The highest BCUT2D eigenvalue weighted by Gasteiger charge is 2.33. The standard InChI is InChI=1S/C34H36ClN3O5S/c1-25(33(40)36-34(2,3)4)37(23-26-15-17-27(35)18-16-26)32(39)24-38(44(41,42)31-13-9-6-10-14-31)28-19-21-30(22-20-28)43-29-11-7-5-8-12-29/h5-22,25H,23-24H2,1-4H3,(H,36,40). The van der Waals surface area contributed by atoms with Crippen molar-refractivity contribution in [1.29, 1.82) is 0 Å². The molecule has 4 aromatic carbocycles. The Labute approximate surface area is 264 Å². The van der Waals surface area contributed by atoms with E-state index in [1.54, 1.807) is 73.7 Å². The zero-order valence-electron chi connectivity index (χ0n) is 25.1. The molecule has 4 rings (SSSR count). The predicted octanol–water partition coefficient (Wildman–Crippen LogP) is 6.66. The van der Waals surface area contributed by atoms with Gasteiger partial charge in [-0.1, -0.05) is 60.1 Å². The summed E-state index contributed by atoms with van der Waals surface area (Å²) in [6.07, 6.45) is 0. The van der Waals surface area contributed by atoms with E-state index in [9.17, 15) is 18.0 Å². The number of anilines is 1. The maximum atomic E-state index is 14.1. The van der Waals surface area contributed by atoms with Gasteiger partial charge in [0.2, 0.25) is 11.8 Å². The third kappa shape index (κ3) is 8.61. The molecule has 0 aliphatic rings. The van der Waals surface area contributed by atoms with Gasteiger partial charge in [0.25, 0.3) is 10.0 Å². The van der Waals surface area contributed by atoms with Crippen LogP contribution in [0.5, 0.6) is 11.5 Å². The van der Waals surface area contributed by atoms with Crippen molar-refractivity contribution in [2.24, 2.45) is 0 Å². The van der Waals surface area contributed by atoms with E-state index in [4.69, 9.17) is 16.3 Å². The van der Waals surface area contributed by atoms with E-state index in [2.05, 4.69) is 5.32 Å². The number of rotatable bonds is 11. The molecule has 1 N–H and O–H groups in total. The van der Waals surface area contributed by atoms with Gasteiger partial charge in [-0.15, -0.1) is 0 Å². The fourth-order valence-electron chi connectivity index (χ4n) is 4.40. The number of nitrogens with one attached hydrogen (secondary N) is 1. The lowest BCUT2D eigenvalue weighted by Crippen LogP contribution is -2.54. The Morgan fingerprint density at radius 1 is 0.818 bits per heavy atom. The fourth-order valence-corrected chi connectivity index (χ4v) is 5.96. The molecule has 2 amide bonds. The maximum absolute atomic E-state index is 14.1. The Hall–Kier alpha value is -4.34. The first kappa shape index (κ1) is 32.6. The van der Waals surface area contributed by atoms with Gasteiger partial charge >= 0.3 is 0 Å². The number of halogens is 1. The number of para-hydroxylation sites is 1. The van der Waals surface area contributed by atoms with E-state index in [0.29, 0.717) is 16.5 Å². The molecule has 0 heterocycles. The van der Waals surface area contributed by atoms with Crippen LogP contribution in [-0.2, 0) is 26.2 Å². The molecule has 8 nitrogen and oxygen atoms in total. The van der Waals surface area contributed by atoms with E-state index in [-0.39, 0.29) is 23.0 Å². The molecule has 230 valence electrons. The van der Waals surface area contributed by atoms with Crippen molar-refractivity contribution in [3.63, 3.8) is 0 Å². The number of carbonyl (C=O) groups is 2. The average Bonchev–Trinajstić information content (AvgIpc) is 2.99. The summed E-state index contributed by atoms with van der Waals surface area (Å²) in [6, 6.07) is 29.6. The second-order valence-corrected chi connectivity index (χ2v) is 13.6. The van der Waals surface area contributed by atoms with Crippen molar-refractivity contribution in [3.8, 4) is 11.5 Å². The van der Waals surface area contributed by atoms with E-state index in [0.717, 1.165) is 9.87 Å². The molecule has 0 bridgehead atoms. The van der Waals surface area contributed by atoms with Crippen LogP contribution in [0.4, 0.5) is 5.69 Å². The largest absolute Gasteiger partial charge is 0.457 e. The molecule has 10 heteroatoms. The van der Waals surface area contributed by atoms with Crippen LogP contribution in [0.1, 0.15) is 33.3 Å². The Morgan fingerprint density at radius 3 is 1.93 bits per heavy atom. The minimum absolute atomic E-state index is 0.0280. The van der Waals surface area contributed by atoms with Gasteiger partial charge in [0.05, 0.1) is 10.6 Å². The van der Waals surface area contributed by atoms with Gasteiger partial charge in [-0.3, -0.25) is 13.9 Å². The van der Waals surface area contributed by atoms with E-state index < -0.39 is 34.1 Å². The predicted molar refractivity (Wildman–Crippen MR) is 173 cm³/mol. The summed E-state index contributed by atoms with van der Waals surface area (Å²) in [6.45, 7) is 6.70. The third-order valence-corrected chi connectivity index (χ3v) is 8.69. The summed E-state index contributed by atoms with van der Waals surface area (Å²) in [5, 5.41) is 3.45. The number of ether oxygens (including phenoxy) is 1. The minimum atomic E-state index is -4.18. The van der Waals surface area contributed by atoms with Gasteiger partial charge in [-0.25, -0.2) is 8.42 Å². The normalized spacial score (nSPS) is 12.2.